The van der Waals surface area contributed by atoms with Gasteiger partial charge in [-0.2, -0.15) is 18.3 Å². The van der Waals surface area contributed by atoms with Crippen LogP contribution in [-0.4, -0.2) is 82.9 Å². The highest BCUT2D eigenvalue weighted by Gasteiger charge is 2.61. The lowest BCUT2D eigenvalue weighted by molar-refractivity contribution is -0.187. The summed E-state index contributed by atoms with van der Waals surface area (Å²) in [4.78, 5) is 42.0. The first-order chi connectivity index (χ1) is 20.1. The Morgan fingerprint density at radius 1 is 1.28 bits per heavy atom. The smallest absolute Gasteiger partial charge is 0.383 e. The molecule has 0 saturated carbocycles. The van der Waals surface area contributed by atoms with Gasteiger partial charge in [0.1, 0.15) is 17.5 Å². The van der Waals surface area contributed by atoms with Crippen molar-refractivity contribution < 1.29 is 32.3 Å². The number of amides is 3. The van der Waals surface area contributed by atoms with E-state index in [1.54, 1.807) is 42.6 Å². The van der Waals surface area contributed by atoms with Crippen molar-refractivity contribution in [2.45, 2.75) is 63.6 Å². The number of hydrogen-bond acceptors (Lipinski definition) is 7. The molecule has 10 nitrogen and oxygen atoms in total. The van der Waals surface area contributed by atoms with Crippen molar-refractivity contribution in [2.24, 2.45) is 16.3 Å². The van der Waals surface area contributed by atoms with Crippen molar-refractivity contribution in [2.75, 3.05) is 19.7 Å². The molecule has 3 aliphatic rings. The van der Waals surface area contributed by atoms with E-state index in [0.29, 0.717) is 20.6 Å². The number of nitrogens with zero attached hydrogens (tertiary/aromatic N) is 3. The summed E-state index contributed by atoms with van der Waals surface area (Å²) in [6, 6.07) is 0.660. The highest BCUT2D eigenvalue weighted by molar-refractivity contribution is 6.35. The Bertz CT molecular complexity index is 1360. The minimum absolute atomic E-state index is 0.00564. The molecule has 0 aliphatic carbocycles. The van der Waals surface area contributed by atoms with Crippen molar-refractivity contribution in [1.29, 1.82) is 0 Å². The van der Waals surface area contributed by atoms with Gasteiger partial charge in [0, 0.05) is 29.6 Å². The maximum atomic E-state index is 14.0. The average Bonchev–Trinajstić information content (AvgIpc) is 3.24. The summed E-state index contributed by atoms with van der Waals surface area (Å²) < 4.78 is 46.8. The first kappa shape index (κ1) is 32.8. The summed E-state index contributed by atoms with van der Waals surface area (Å²) in [5.74, 6) is -2.10. The number of carbonyl (C=O) groups excluding carboxylic acids is 3. The molecule has 4 atom stereocenters. The topological polar surface area (TPSA) is 129 Å². The van der Waals surface area contributed by atoms with Crippen molar-refractivity contribution in [3.63, 3.8) is 0 Å². The summed E-state index contributed by atoms with van der Waals surface area (Å²) in [6.45, 7) is 3.30. The summed E-state index contributed by atoms with van der Waals surface area (Å²) in [5, 5.41) is 11.0. The fourth-order valence-electron chi connectivity index (χ4n) is 5.06. The molecule has 2 unspecified atom stereocenters. The van der Waals surface area contributed by atoms with Crippen molar-refractivity contribution in [3.05, 3.63) is 58.2 Å². The number of fused-ring (bicyclic) bond motifs is 1. The lowest BCUT2D eigenvalue weighted by atomic mass is 9.71. The van der Waals surface area contributed by atoms with Gasteiger partial charge < -0.3 is 26.0 Å². The monoisotopic (exact) mass is 644 g/mol. The fourth-order valence-corrected chi connectivity index (χ4v) is 5.53. The van der Waals surface area contributed by atoms with Gasteiger partial charge in [-0.05, 0) is 50.7 Å². The van der Waals surface area contributed by atoms with Gasteiger partial charge in [-0.15, -0.1) is 0 Å². The molecule has 4 N–H and O–H groups in total. The third kappa shape index (κ3) is 6.84. The minimum Gasteiger partial charge on any atom is -0.383 e. The predicted molar refractivity (Wildman–Crippen MR) is 155 cm³/mol. The van der Waals surface area contributed by atoms with Gasteiger partial charge in [-0.25, -0.2) is 5.01 Å². The van der Waals surface area contributed by atoms with Crippen LogP contribution >= 0.6 is 23.2 Å². The number of rotatable bonds is 9. The molecular weight excluding hydrogens is 612 g/mol. The van der Waals surface area contributed by atoms with Crippen LogP contribution < -0.4 is 16.4 Å². The Balaban J connectivity index is 1.60. The van der Waals surface area contributed by atoms with Crippen LogP contribution in [0.3, 0.4) is 0 Å². The van der Waals surface area contributed by atoms with Gasteiger partial charge in [0.15, 0.2) is 0 Å². The molecule has 1 fully saturated rings. The second-order valence-corrected chi connectivity index (χ2v) is 12.1. The molecule has 15 heteroatoms. The molecule has 3 amide bonds. The zero-order valence-electron chi connectivity index (χ0n) is 23.8. The lowest BCUT2D eigenvalue weighted by Gasteiger charge is -2.44. The first-order valence-electron chi connectivity index (χ1n) is 13.5. The minimum atomic E-state index is -4.71. The Hall–Kier alpha value is -3.13. The normalized spacial score (nSPS) is 23.4. The number of likely N-dealkylation sites (tertiary alicyclic amines) is 1. The van der Waals surface area contributed by atoms with Crippen molar-refractivity contribution in [3.8, 4) is 0 Å². The number of hydrazone groups is 1. The molecule has 0 spiro atoms. The largest absolute Gasteiger partial charge is 0.410 e. The van der Waals surface area contributed by atoms with E-state index in [-0.39, 0.29) is 38.4 Å². The van der Waals surface area contributed by atoms with Crippen molar-refractivity contribution in [1.82, 2.24) is 20.5 Å². The lowest BCUT2D eigenvalue weighted by Crippen LogP contribution is -2.65. The molecule has 0 bridgehead atoms. The number of ether oxygens (including phenoxy) is 1. The van der Waals surface area contributed by atoms with Crippen LogP contribution in [0, 0.1) is 5.41 Å². The average molecular weight is 646 g/mol. The third-order valence-electron chi connectivity index (χ3n) is 7.61. The van der Waals surface area contributed by atoms with E-state index in [4.69, 9.17) is 33.7 Å². The molecule has 4 rings (SSSR count). The maximum Gasteiger partial charge on any atom is 0.410 e. The molecule has 1 aromatic rings. The number of alkyl halides is 3. The Morgan fingerprint density at radius 2 is 2.00 bits per heavy atom. The van der Waals surface area contributed by atoms with E-state index in [1.165, 1.54) is 18.7 Å². The van der Waals surface area contributed by atoms with Gasteiger partial charge in [0.05, 0.1) is 30.5 Å². The van der Waals surface area contributed by atoms with Gasteiger partial charge in [-0.3, -0.25) is 14.4 Å². The van der Waals surface area contributed by atoms with Gasteiger partial charge >= 0.3 is 6.18 Å². The number of nitrogens with one attached hydrogen (secondary N) is 2. The summed E-state index contributed by atoms with van der Waals surface area (Å²) in [5.41, 5.74) is 3.86. The van der Waals surface area contributed by atoms with Crippen LogP contribution in [0.15, 0.2) is 47.7 Å². The SMILES string of the molecule is C[C@@H](N1N=C2CCN(C(=O)C(COCc3ccc(Cl)cc3Cl)NC(=O)C(C)(C)N)C[C@]2(C2C=CC=CN2)C1=O)C(F)(F)F. The number of piperidine rings is 1. The number of hydrogen-bond donors (Lipinski definition) is 3. The van der Waals surface area contributed by atoms with Crippen LogP contribution in [0.5, 0.6) is 0 Å². The predicted octanol–water partition coefficient (Wildman–Crippen LogP) is 3.14. The highest BCUT2D eigenvalue weighted by atomic mass is 35.5. The van der Waals surface area contributed by atoms with Crippen LogP contribution in [0.25, 0.3) is 0 Å². The van der Waals surface area contributed by atoms with E-state index in [1.807, 2.05) is 0 Å². The molecule has 3 aliphatic heterocycles. The number of allylic oxidation sites excluding steroid dienone is 2. The highest BCUT2D eigenvalue weighted by Crippen LogP contribution is 2.42. The number of nitrogens with two attached hydrogens (primary N) is 1. The molecule has 0 aromatic heterocycles. The molecule has 0 radical (unpaired) electrons. The van der Waals surface area contributed by atoms with E-state index >= 15 is 0 Å². The first-order valence-corrected chi connectivity index (χ1v) is 14.3. The molecule has 1 saturated heterocycles. The van der Waals surface area contributed by atoms with Gasteiger partial charge in [0.25, 0.3) is 5.91 Å². The summed E-state index contributed by atoms with van der Waals surface area (Å²) in [7, 11) is 0. The van der Waals surface area contributed by atoms with Crippen LogP contribution in [0.2, 0.25) is 10.0 Å². The second-order valence-electron chi connectivity index (χ2n) is 11.3. The third-order valence-corrected chi connectivity index (χ3v) is 8.19. The van der Waals surface area contributed by atoms with Crippen LogP contribution in [0.1, 0.15) is 32.8 Å². The number of halogens is 5. The molecule has 234 valence electrons. The summed E-state index contributed by atoms with van der Waals surface area (Å²) in [6.07, 6.45) is 1.89. The van der Waals surface area contributed by atoms with Crippen molar-refractivity contribution >= 4 is 46.6 Å². The Kier molecular flexibility index (Phi) is 9.50. The van der Waals surface area contributed by atoms with Crippen LogP contribution in [-0.2, 0) is 25.7 Å². The number of benzene rings is 1. The van der Waals surface area contributed by atoms with Gasteiger partial charge in [-0.1, -0.05) is 41.4 Å². The molecule has 43 heavy (non-hydrogen) atoms. The van der Waals surface area contributed by atoms with Crippen LogP contribution in [0.4, 0.5) is 13.2 Å². The maximum absolute atomic E-state index is 14.0. The zero-order chi connectivity index (χ0) is 31.7. The quantitative estimate of drug-likeness (QED) is 0.379. The van der Waals surface area contributed by atoms with E-state index in [0.717, 1.165) is 6.92 Å². The molecular formula is C28H33Cl2F3N6O4. The van der Waals surface area contributed by atoms with E-state index < -0.39 is 53.0 Å². The Morgan fingerprint density at radius 3 is 2.60 bits per heavy atom. The number of dihydropyridines is 1. The number of carbonyl (C=O) groups is 3. The zero-order valence-corrected chi connectivity index (χ0v) is 25.3. The fraction of sp³-hybridized carbons (Fsp3) is 0.500. The van der Waals surface area contributed by atoms with E-state index in [9.17, 15) is 27.6 Å². The standard InChI is InChI=1S/C28H33Cl2F3N6O4/c1-16(28(31,32)33)39-25(42)27(21-6-4-5-10-35-21)15-38(11-9-22(27)37-39)23(40)20(36-24(41)26(2,3)34)14-43-13-17-7-8-18(29)12-19(17)30/h4-8,10,12,16,20-21,35H,9,11,13-15,34H2,1-3H3,(H,36,41)/t16-,20?,21?,27-/m1/s1. The summed E-state index contributed by atoms with van der Waals surface area (Å²) >= 11 is 12.2. The molecule has 1 aromatic carbocycles. The second kappa shape index (κ2) is 12.5. The molecule has 3 heterocycles. The van der Waals surface area contributed by atoms with E-state index in [2.05, 4.69) is 15.7 Å². The van der Waals surface area contributed by atoms with Gasteiger partial charge in [0.2, 0.25) is 11.8 Å². The Labute approximate surface area is 257 Å².